The number of aromatic nitrogens is 1. The van der Waals surface area contributed by atoms with Crippen LogP contribution in [-0.2, 0) is 6.54 Å². The first-order valence-electron chi connectivity index (χ1n) is 7.49. The minimum Gasteiger partial charge on any atom is -0.350 e. The van der Waals surface area contributed by atoms with Crippen LogP contribution in [0.25, 0.3) is 0 Å². The van der Waals surface area contributed by atoms with Crippen molar-refractivity contribution in [3.8, 4) is 6.07 Å². The van der Waals surface area contributed by atoms with Crippen molar-refractivity contribution in [1.29, 1.82) is 5.26 Å². The van der Waals surface area contributed by atoms with Crippen LogP contribution in [0.5, 0.6) is 0 Å². The molecule has 128 valence electrons. The average molecular weight is 340 g/mol. The van der Waals surface area contributed by atoms with E-state index in [2.05, 4.69) is 5.32 Å². The van der Waals surface area contributed by atoms with E-state index >= 15 is 0 Å². The summed E-state index contributed by atoms with van der Waals surface area (Å²) < 4.78 is 1.42. The Labute approximate surface area is 143 Å². The SMILES string of the molecule is Cc1cc(C)n(CCNC(=O)c2cccc([N+](=O)[O-])c2)c(=O)c1C#N. The fourth-order valence-electron chi connectivity index (χ4n) is 2.49. The van der Waals surface area contributed by atoms with Gasteiger partial charge in [-0.3, -0.25) is 19.7 Å². The molecule has 1 N–H and O–H groups in total. The summed E-state index contributed by atoms with van der Waals surface area (Å²) in [6.45, 7) is 3.79. The van der Waals surface area contributed by atoms with Crippen LogP contribution < -0.4 is 10.9 Å². The molecule has 25 heavy (non-hydrogen) atoms. The van der Waals surface area contributed by atoms with Gasteiger partial charge in [0.1, 0.15) is 11.6 Å². The van der Waals surface area contributed by atoms with Crippen LogP contribution in [0.4, 0.5) is 5.69 Å². The van der Waals surface area contributed by atoms with Gasteiger partial charge in [-0.1, -0.05) is 6.07 Å². The highest BCUT2D eigenvalue weighted by molar-refractivity contribution is 5.94. The van der Waals surface area contributed by atoms with E-state index < -0.39 is 16.4 Å². The smallest absolute Gasteiger partial charge is 0.270 e. The molecule has 0 spiro atoms. The second-order valence-electron chi connectivity index (χ2n) is 5.48. The minimum absolute atomic E-state index is 0.0793. The molecular formula is C17H16N4O4. The lowest BCUT2D eigenvalue weighted by Crippen LogP contribution is -2.33. The third-order valence-electron chi connectivity index (χ3n) is 3.76. The Morgan fingerprint density at radius 3 is 2.72 bits per heavy atom. The van der Waals surface area contributed by atoms with E-state index in [4.69, 9.17) is 5.26 Å². The van der Waals surface area contributed by atoms with Gasteiger partial charge < -0.3 is 9.88 Å². The highest BCUT2D eigenvalue weighted by atomic mass is 16.6. The molecule has 0 unspecified atom stereocenters. The first-order chi connectivity index (χ1) is 11.8. The van der Waals surface area contributed by atoms with Crippen molar-refractivity contribution >= 4 is 11.6 Å². The molecule has 1 amide bonds. The van der Waals surface area contributed by atoms with E-state index in [-0.39, 0.29) is 29.9 Å². The van der Waals surface area contributed by atoms with E-state index in [9.17, 15) is 19.7 Å². The molecular weight excluding hydrogens is 324 g/mol. The van der Waals surface area contributed by atoms with Crippen LogP contribution >= 0.6 is 0 Å². The molecule has 2 rings (SSSR count). The molecule has 8 nitrogen and oxygen atoms in total. The first kappa shape index (κ1) is 17.9. The zero-order valence-electron chi connectivity index (χ0n) is 13.8. The second-order valence-corrected chi connectivity index (χ2v) is 5.48. The van der Waals surface area contributed by atoms with Crippen LogP contribution in [-0.4, -0.2) is 21.9 Å². The Hall–Kier alpha value is -3.47. The topological polar surface area (TPSA) is 118 Å². The molecule has 0 saturated carbocycles. The molecule has 2 aromatic rings. The number of nitrogens with one attached hydrogen (secondary N) is 1. The normalized spacial score (nSPS) is 10.1. The number of nitro benzene ring substituents is 1. The number of carbonyl (C=O) groups excluding carboxylic acids is 1. The number of benzene rings is 1. The van der Waals surface area contributed by atoms with Gasteiger partial charge in [0.25, 0.3) is 17.2 Å². The summed E-state index contributed by atoms with van der Waals surface area (Å²) in [5.74, 6) is -0.470. The first-order valence-corrected chi connectivity index (χ1v) is 7.49. The minimum atomic E-state index is -0.574. The lowest BCUT2D eigenvalue weighted by Gasteiger charge is -2.12. The number of hydrogen-bond donors (Lipinski definition) is 1. The second kappa shape index (κ2) is 7.40. The van der Waals surface area contributed by atoms with Gasteiger partial charge in [-0.15, -0.1) is 0 Å². The lowest BCUT2D eigenvalue weighted by molar-refractivity contribution is -0.384. The van der Waals surface area contributed by atoms with E-state index in [1.165, 1.54) is 28.8 Å². The van der Waals surface area contributed by atoms with E-state index in [1.54, 1.807) is 19.9 Å². The van der Waals surface area contributed by atoms with Gasteiger partial charge in [-0.25, -0.2) is 0 Å². The number of aryl methyl sites for hydroxylation is 2. The highest BCUT2D eigenvalue weighted by Gasteiger charge is 2.12. The Kier molecular flexibility index (Phi) is 5.29. The summed E-state index contributed by atoms with van der Waals surface area (Å²) >= 11 is 0. The summed E-state index contributed by atoms with van der Waals surface area (Å²) in [6, 6.07) is 9.02. The van der Waals surface area contributed by atoms with Crippen molar-refractivity contribution in [2.75, 3.05) is 6.54 Å². The van der Waals surface area contributed by atoms with Crippen molar-refractivity contribution in [2.24, 2.45) is 0 Å². The molecule has 0 bridgehead atoms. The predicted molar refractivity (Wildman–Crippen MR) is 90.3 cm³/mol. The Bertz CT molecular complexity index is 941. The monoisotopic (exact) mass is 340 g/mol. The predicted octanol–water partition coefficient (Wildman–Crippen LogP) is 1.68. The number of non-ortho nitro benzene ring substituents is 1. The van der Waals surface area contributed by atoms with Crippen LogP contribution in [0, 0.1) is 35.3 Å². The van der Waals surface area contributed by atoms with Gasteiger partial charge in [0.2, 0.25) is 0 Å². The molecule has 0 saturated heterocycles. The Balaban J connectivity index is 2.10. The molecule has 0 radical (unpaired) electrons. The van der Waals surface area contributed by atoms with Gasteiger partial charge in [0, 0.05) is 36.5 Å². The molecule has 0 atom stereocenters. The third-order valence-corrected chi connectivity index (χ3v) is 3.76. The maximum Gasteiger partial charge on any atom is 0.270 e. The van der Waals surface area contributed by atoms with Gasteiger partial charge in [0.05, 0.1) is 4.92 Å². The quantitative estimate of drug-likeness (QED) is 0.656. The summed E-state index contributed by atoms with van der Waals surface area (Å²) in [5.41, 5.74) is 0.977. The molecule has 0 aliphatic carbocycles. The standard InChI is InChI=1S/C17H16N4O4/c1-11-8-12(2)20(17(23)15(11)10-18)7-6-19-16(22)13-4-3-5-14(9-13)21(24)25/h3-5,8-9H,6-7H2,1-2H3,(H,19,22). The largest absolute Gasteiger partial charge is 0.350 e. The molecule has 8 heteroatoms. The summed E-state index contributed by atoms with van der Waals surface area (Å²) in [5, 5.41) is 22.4. The molecule has 1 heterocycles. The third kappa shape index (κ3) is 3.90. The number of rotatable bonds is 5. The highest BCUT2D eigenvalue weighted by Crippen LogP contribution is 2.12. The number of amides is 1. The molecule has 0 aliphatic rings. The molecule has 0 aliphatic heterocycles. The molecule has 1 aromatic carbocycles. The molecule has 1 aromatic heterocycles. The van der Waals surface area contributed by atoms with Gasteiger partial charge >= 0.3 is 0 Å². The van der Waals surface area contributed by atoms with Crippen molar-refractivity contribution < 1.29 is 9.72 Å². The summed E-state index contributed by atoms with van der Waals surface area (Å²) in [6.07, 6.45) is 0. The maximum atomic E-state index is 12.3. The summed E-state index contributed by atoms with van der Waals surface area (Å²) in [7, 11) is 0. The Morgan fingerprint density at radius 1 is 1.36 bits per heavy atom. The maximum absolute atomic E-state index is 12.3. The van der Waals surface area contributed by atoms with Crippen LogP contribution in [0.1, 0.15) is 27.2 Å². The van der Waals surface area contributed by atoms with Crippen LogP contribution in [0.3, 0.4) is 0 Å². The van der Waals surface area contributed by atoms with E-state index in [0.717, 1.165) is 0 Å². The summed E-state index contributed by atoms with van der Waals surface area (Å²) in [4.78, 5) is 34.5. The number of hydrogen-bond acceptors (Lipinski definition) is 5. The van der Waals surface area contributed by atoms with Gasteiger partial charge in [-0.2, -0.15) is 5.26 Å². The van der Waals surface area contributed by atoms with Crippen LogP contribution in [0.2, 0.25) is 0 Å². The number of carbonyl (C=O) groups is 1. The lowest BCUT2D eigenvalue weighted by atomic mass is 10.1. The number of nitrogens with zero attached hydrogens (tertiary/aromatic N) is 3. The fourth-order valence-corrected chi connectivity index (χ4v) is 2.49. The fraction of sp³-hybridized carbons (Fsp3) is 0.235. The molecule has 0 fully saturated rings. The zero-order valence-corrected chi connectivity index (χ0v) is 13.8. The van der Waals surface area contributed by atoms with Gasteiger partial charge in [0.15, 0.2) is 0 Å². The van der Waals surface area contributed by atoms with Crippen molar-refractivity contribution in [1.82, 2.24) is 9.88 Å². The number of nitro groups is 1. The van der Waals surface area contributed by atoms with E-state index in [1.807, 2.05) is 6.07 Å². The number of nitriles is 1. The van der Waals surface area contributed by atoms with Gasteiger partial charge in [-0.05, 0) is 31.5 Å². The van der Waals surface area contributed by atoms with Crippen molar-refractivity contribution in [3.05, 3.63) is 73.2 Å². The van der Waals surface area contributed by atoms with E-state index in [0.29, 0.717) is 11.3 Å². The zero-order chi connectivity index (χ0) is 18.6. The van der Waals surface area contributed by atoms with Crippen molar-refractivity contribution in [2.45, 2.75) is 20.4 Å². The van der Waals surface area contributed by atoms with Crippen LogP contribution in [0.15, 0.2) is 35.1 Å². The average Bonchev–Trinajstić information content (AvgIpc) is 2.57. The Morgan fingerprint density at radius 2 is 2.08 bits per heavy atom. The number of pyridine rings is 1. The van der Waals surface area contributed by atoms with Crippen molar-refractivity contribution in [3.63, 3.8) is 0 Å².